The van der Waals surface area contributed by atoms with Crippen molar-refractivity contribution in [3.8, 4) is 0 Å². The van der Waals surface area contributed by atoms with Crippen molar-refractivity contribution in [2.45, 2.75) is 31.7 Å². The SMILES string of the molecule is Cc1ccc(S(=O)(=O)N2C(=O)OC[C@H]2/C=C/C(C)C)cc1. The lowest BCUT2D eigenvalue weighted by Crippen LogP contribution is -2.37. The van der Waals surface area contributed by atoms with Crippen LogP contribution >= 0.6 is 0 Å². The molecule has 1 amide bonds. The van der Waals surface area contributed by atoms with E-state index in [0.29, 0.717) is 0 Å². The quantitative estimate of drug-likeness (QED) is 0.802. The molecular formula is C15H19NO4S. The second-order valence-corrected chi connectivity index (χ2v) is 7.20. The van der Waals surface area contributed by atoms with E-state index in [0.717, 1.165) is 9.87 Å². The van der Waals surface area contributed by atoms with Crippen LogP contribution in [0.2, 0.25) is 0 Å². The summed E-state index contributed by atoms with van der Waals surface area (Å²) < 4.78 is 30.9. The summed E-state index contributed by atoms with van der Waals surface area (Å²) in [5, 5.41) is 0. The Bertz CT molecular complexity index is 647. The van der Waals surface area contributed by atoms with Crippen molar-refractivity contribution in [2.24, 2.45) is 5.92 Å². The van der Waals surface area contributed by atoms with Gasteiger partial charge in [-0.15, -0.1) is 0 Å². The predicted molar refractivity (Wildman–Crippen MR) is 79.3 cm³/mol. The van der Waals surface area contributed by atoms with E-state index in [9.17, 15) is 13.2 Å². The Morgan fingerprint density at radius 3 is 2.48 bits per heavy atom. The predicted octanol–water partition coefficient (Wildman–Crippen LogP) is 2.72. The molecule has 1 aromatic rings. The number of nitrogens with zero attached hydrogens (tertiary/aromatic N) is 1. The molecule has 0 N–H and O–H groups in total. The van der Waals surface area contributed by atoms with Gasteiger partial charge in [0.25, 0.3) is 10.0 Å². The number of allylic oxidation sites excluding steroid dienone is 1. The maximum Gasteiger partial charge on any atom is 0.424 e. The molecule has 0 aliphatic carbocycles. The summed E-state index contributed by atoms with van der Waals surface area (Å²) in [4.78, 5) is 11.9. The Kier molecular flexibility index (Phi) is 4.37. The fourth-order valence-corrected chi connectivity index (χ4v) is 3.45. The first kappa shape index (κ1) is 15.6. The molecule has 21 heavy (non-hydrogen) atoms. The highest BCUT2D eigenvalue weighted by molar-refractivity contribution is 7.89. The first-order valence-corrected chi connectivity index (χ1v) is 8.22. The number of cyclic esters (lactones) is 1. The van der Waals surface area contributed by atoms with Gasteiger partial charge in [0.05, 0.1) is 4.90 Å². The number of hydrogen-bond donors (Lipinski definition) is 0. The van der Waals surface area contributed by atoms with Crippen molar-refractivity contribution in [3.05, 3.63) is 42.0 Å². The Labute approximate surface area is 125 Å². The van der Waals surface area contributed by atoms with Gasteiger partial charge >= 0.3 is 6.09 Å². The van der Waals surface area contributed by atoms with Gasteiger partial charge in [0.2, 0.25) is 0 Å². The first-order valence-electron chi connectivity index (χ1n) is 6.78. The van der Waals surface area contributed by atoms with Crippen molar-refractivity contribution in [2.75, 3.05) is 6.61 Å². The molecule has 0 bridgehead atoms. The van der Waals surface area contributed by atoms with E-state index < -0.39 is 22.2 Å². The lowest BCUT2D eigenvalue weighted by atomic mass is 10.2. The largest absolute Gasteiger partial charge is 0.446 e. The number of carbonyl (C=O) groups excluding carboxylic acids is 1. The van der Waals surface area contributed by atoms with Crippen LogP contribution in [0.15, 0.2) is 41.3 Å². The molecule has 5 nitrogen and oxygen atoms in total. The fourth-order valence-electron chi connectivity index (χ4n) is 2.01. The molecule has 6 heteroatoms. The van der Waals surface area contributed by atoms with Crippen LogP contribution in [0, 0.1) is 12.8 Å². The Morgan fingerprint density at radius 2 is 1.90 bits per heavy atom. The molecule has 114 valence electrons. The molecular weight excluding hydrogens is 290 g/mol. The van der Waals surface area contributed by atoms with Gasteiger partial charge in [-0.05, 0) is 25.0 Å². The summed E-state index contributed by atoms with van der Waals surface area (Å²) in [5.74, 6) is 0.268. The van der Waals surface area contributed by atoms with Crippen molar-refractivity contribution in [3.63, 3.8) is 0 Å². The summed E-state index contributed by atoms with van der Waals surface area (Å²) in [6.07, 6.45) is 2.75. The third-order valence-corrected chi connectivity index (χ3v) is 4.96. The number of hydrogen-bond acceptors (Lipinski definition) is 4. The fraction of sp³-hybridized carbons (Fsp3) is 0.400. The zero-order valence-corrected chi connectivity index (χ0v) is 13.1. The molecule has 0 radical (unpaired) electrons. The Morgan fingerprint density at radius 1 is 1.29 bits per heavy atom. The third-order valence-electron chi connectivity index (χ3n) is 3.15. The zero-order valence-electron chi connectivity index (χ0n) is 12.3. The number of benzene rings is 1. The smallest absolute Gasteiger partial charge is 0.424 e. The molecule has 1 aliphatic rings. The van der Waals surface area contributed by atoms with E-state index in [2.05, 4.69) is 0 Å². The third kappa shape index (κ3) is 3.26. The van der Waals surface area contributed by atoms with E-state index in [1.165, 1.54) is 12.1 Å². The molecule has 1 fully saturated rings. The van der Waals surface area contributed by atoms with Gasteiger partial charge in [-0.25, -0.2) is 13.2 Å². The maximum atomic E-state index is 12.6. The molecule has 0 saturated carbocycles. The average molecular weight is 309 g/mol. The number of carbonyl (C=O) groups is 1. The van der Waals surface area contributed by atoms with E-state index >= 15 is 0 Å². The molecule has 1 saturated heterocycles. The topological polar surface area (TPSA) is 63.7 Å². The number of sulfonamides is 1. The lowest BCUT2D eigenvalue weighted by molar-refractivity contribution is 0.170. The molecule has 2 rings (SSSR count). The van der Waals surface area contributed by atoms with Crippen LogP contribution in [0.5, 0.6) is 0 Å². The summed E-state index contributed by atoms with van der Waals surface area (Å²) >= 11 is 0. The summed E-state index contributed by atoms with van der Waals surface area (Å²) in [7, 11) is -3.89. The summed E-state index contributed by atoms with van der Waals surface area (Å²) in [6.45, 7) is 5.88. The van der Waals surface area contributed by atoms with Gasteiger partial charge < -0.3 is 4.74 Å². The monoisotopic (exact) mass is 309 g/mol. The van der Waals surface area contributed by atoms with Crippen LogP contribution in [0.1, 0.15) is 19.4 Å². The average Bonchev–Trinajstić information content (AvgIpc) is 2.78. The van der Waals surface area contributed by atoms with Gasteiger partial charge in [-0.1, -0.05) is 43.7 Å². The molecule has 0 spiro atoms. The molecule has 1 heterocycles. The molecule has 0 aromatic heterocycles. The molecule has 1 aliphatic heterocycles. The summed E-state index contributed by atoms with van der Waals surface area (Å²) in [6, 6.07) is 5.81. The van der Waals surface area contributed by atoms with Gasteiger partial charge in [0.1, 0.15) is 12.6 Å². The van der Waals surface area contributed by atoms with Crippen LogP contribution in [0.25, 0.3) is 0 Å². The molecule has 1 aromatic carbocycles. The normalized spacial score (nSPS) is 19.5. The lowest BCUT2D eigenvalue weighted by Gasteiger charge is -2.19. The zero-order chi connectivity index (χ0) is 15.6. The van der Waals surface area contributed by atoms with Crippen LogP contribution < -0.4 is 0 Å². The van der Waals surface area contributed by atoms with E-state index in [-0.39, 0.29) is 17.4 Å². The van der Waals surface area contributed by atoms with Gasteiger partial charge in [-0.3, -0.25) is 0 Å². The second kappa shape index (κ2) is 5.89. The van der Waals surface area contributed by atoms with E-state index in [1.807, 2.05) is 26.8 Å². The highest BCUT2D eigenvalue weighted by Crippen LogP contribution is 2.25. The van der Waals surface area contributed by atoms with Crippen LogP contribution in [0.3, 0.4) is 0 Å². The van der Waals surface area contributed by atoms with Gasteiger partial charge in [-0.2, -0.15) is 4.31 Å². The van der Waals surface area contributed by atoms with E-state index in [1.54, 1.807) is 18.2 Å². The number of amides is 1. The minimum atomic E-state index is -3.89. The number of aryl methyl sites for hydroxylation is 1. The first-order chi connectivity index (χ1) is 9.82. The highest BCUT2D eigenvalue weighted by Gasteiger charge is 2.41. The number of ether oxygens (including phenoxy) is 1. The van der Waals surface area contributed by atoms with E-state index in [4.69, 9.17) is 4.74 Å². The molecule has 1 atom stereocenters. The molecule has 0 unspecified atom stereocenters. The maximum absolute atomic E-state index is 12.6. The van der Waals surface area contributed by atoms with Crippen molar-refractivity contribution < 1.29 is 17.9 Å². The Hall–Kier alpha value is -1.82. The van der Waals surface area contributed by atoms with Crippen LogP contribution in [0.4, 0.5) is 4.79 Å². The second-order valence-electron chi connectivity index (χ2n) is 5.39. The van der Waals surface area contributed by atoms with Crippen molar-refractivity contribution in [1.82, 2.24) is 4.31 Å². The van der Waals surface area contributed by atoms with Crippen LogP contribution in [-0.2, 0) is 14.8 Å². The number of rotatable bonds is 4. The minimum absolute atomic E-state index is 0.0488. The van der Waals surface area contributed by atoms with Gasteiger partial charge in [0.15, 0.2) is 0 Å². The van der Waals surface area contributed by atoms with Crippen LogP contribution in [-0.4, -0.2) is 31.5 Å². The Balaban J connectivity index is 2.36. The standard InChI is InChI=1S/C15H19NO4S/c1-11(2)4-7-13-10-20-15(17)16(13)21(18,19)14-8-5-12(3)6-9-14/h4-9,11,13H,10H2,1-3H3/b7-4+/t13-/m1/s1. The highest BCUT2D eigenvalue weighted by atomic mass is 32.2. The summed E-state index contributed by atoms with van der Waals surface area (Å²) in [5.41, 5.74) is 0.953. The minimum Gasteiger partial charge on any atom is -0.446 e. The van der Waals surface area contributed by atoms with Gasteiger partial charge in [0, 0.05) is 0 Å². The van der Waals surface area contributed by atoms with Crippen molar-refractivity contribution >= 4 is 16.1 Å². The van der Waals surface area contributed by atoms with Crippen molar-refractivity contribution in [1.29, 1.82) is 0 Å².